The lowest BCUT2D eigenvalue weighted by molar-refractivity contribution is -0.125. The molecule has 1 fully saturated rings. The van der Waals surface area contributed by atoms with Crippen molar-refractivity contribution in [3.63, 3.8) is 0 Å². The molecule has 5 rings (SSSR count). The van der Waals surface area contributed by atoms with E-state index in [1.54, 1.807) is 6.20 Å². The van der Waals surface area contributed by atoms with Crippen molar-refractivity contribution in [2.24, 2.45) is 5.73 Å². The highest BCUT2D eigenvalue weighted by atomic mass is 16.6. The first-order chi connectivity index (χ1) is 13.1. The van der Waals surface area contributed by atoms with E-state index in [2.05, 4.69) is 20.5 Å². The van der Waals surface area contributed by atoms with Crippen LogP contribution in [0, 0.1) is 0 Å². The molecular formula is C17H13N7O3. The summed E-state index contributed by atoms with van der Waals surface area (Å²) in [7, 11) is 0. The molecule has 27 heavy (non-hydrogen) atoms. The van der Waals surface area contributed by atoms with Crippen LogP contribution in [-0.4, -0.2) is 49.3 Å². The van der Waals surface area contributed by atoms with Crippen molar-refractivity contribution in [1.29, 1.82) is 0 Å². The number of benzene rings is 1. The topological polar surface area (TPSA) is 129 Å². The number of aromatic nitrogens is 5. The molecule has 0 bridgehead atoms. The Bertz CT molecular complexity index is 1050. The summed E-state index contributed by atoms with van der Waals surface area (Å²) in [6.07, 6.45) is 2.25. The zero-order valence-electron chi connectivity index (χ0n) is 13.9. The SMILES string of the molecule is NC(=O)[C@@H]1OC(=O)N2c3ccc(-c4ccc(-n5cnnn5)nc4)cc3C[C@@H]12. The van der Waals surface area contributed by atoms with Crippen LogP contribution in [0.15, 0.2) is 42.9 Å². The predicted molar refractivity (Wildman–Crippen MR) is 91.8 cm³/mol. The molecule has 2 aliphatic heterocycles. The molecule has 2 amide bonds. The van der Waals surface area contributed by atoms with Gasteiger partial charge in [-0.25, -0.2) is 9.78 Å². The summed E-state index contributed by atoms with van der Waals surface area (Å²) in [4.78, 5) is 29.5. The number of ether oxygens (including phenoxy) is 1. The van der Waals surface area contributed by atoms with Gasteiger partial charge in [0.25, 0.3) is 5.91 Å². The minimum absolute atomic E-state index is 0.388. The maximum absolute atomic E-state index is 12.1. The first kappa shape index (κ1) is 15.4. The monoisotopic (exact) mass is 363 g/mol. The van der Waals surface area contributed by atoms with Crippen molar-refractivity contribution < 1.29 is 14.3 Å². The maximum atomic E-state index is 12.1. The van der Waals surface area contributed by atoms with Crippen LogP contribution < -0.4 is 10.6 Å². The fraction of sp³-hybridized carbons (Fsp3) is 0.176. The minimum Gasteiger partial charge on any atom is -0.433 e. The van der Waals surface area contributed by atoms with E-state index >= 15 is 0 Å². The fourth-order valence-electron chi connectivity index (χ4n) is 3.59. The summed E-state index contributed by atoms with van der Waals surface area (Å²) >= 11 is 0. The van der Waals surface area contributed by atoms with Gasteiger partial charge in [-0.3, -0.25) is 9.69 Å². The molecule has 0 saturated carbocycles. The Morgan fingerprint density at radius 1 is 1.22 bits per heavy atom. The summed E-state index contributed by atoms with van der Waals surface area (Å²) in [5.41, 5.74) is 8.93. The van der Waals surface area contributed by atoms with Crippen LogP contribution >= 0.6 is 0 Å². The second-order valence-electron chi connectivity index (χ2n) is 6.35. The number of nitrogens with zero attached hydrogens (tertiary/aromatic N) is 6. The van der Waals surface area contributed by atoms with Gasteiger partial charge in [0.1, 0.15) is 6.33 Å². The highest BCUT2D eigenvalue weighted by Crippen LogP contribution is 2.40. The Morgan fingerprint density at radius 3 is 2.78 bits per heavy atom. The highest BCUT2D eigenvalue weighted by molar-refractivity contribution is 5.99. The predicted octanol–water partition coefficient (Wildman–Crippen LogP) is 0.459. The number of fused-ring (bicyclic) bond motifs is 3. The Kier molecular flexibility index (Phi) is 3.20. The van der Waals surface area contributed by atoms with E-state index in [-0.39, 0.29) is 6.04 Å². The Hall–Kier alpha value is -3.82. The summed E-state index contributed by atoms with van der Waals surface area (Å²) in [6.45, 7) is 0. The molecule has 3 aromatic rings. The van der Waals surface area contributed by atoms with Gasteiger partial charge in [-0.05, 0) is 52.2 Å². The molecule has 0 unspecified atom stereocenters. The molecule has 0 spiro atoms. The van der Waals surface area contributed by atoms with Crippen molar-refractivity contribution >= 4 is 17.7 Å². The minimum atomic E-state index is -0.925. The van der Waals surface area contributed by atoms with Crippen LogP contribution in [0.25, 0.3) is 16.9 Å². The fourth-order valence-corrected chi connectivity index (χ4v) is 3.59. The molecule has 0 radical (unpaired) electrons. The number of hydrogen-bond donors (Lipinski definition) is 1. The smallest absolute Gasteiger partial charge is 0.415 e. The number of anilines is 1. The van der Waals surface area contributed by atoms with Crippen LogP contribution in [0.3, 0.4) is 0 Å². The maximum Gasteiger partial charge on any atom is 0.415 e. The number of carbonyl (C=O) groups excluding carboxylic acids is 2. The molecule has 2 aliphatic rings. The number of amides is 2. The van der Waals surface area contributed by atoms with Crippen molar-refractivity contribution in [1.82, 2.24) is 25.2 Å². The van der Waals surface area contributed by atoms with Gasteiger partial charge in [0.2, 0.25) is 6.10 Å². The van der Waals surface area contributed by atoms with Crippen LogP contribution in [0.4, 0.5) is 10.5 Å². The van der Waals surface area contributed by atoms with Gasteiger partial charge in [0.15, 0.2) is 5.82 Å². The largest absolute Gasteiger partial charge is 0.433 e. The van der Waals surface area contributed by atoms with Gasteiger partial charge < -0.3 is 10.5 Å². The van der Waals surface area contributed by atoms with E-state index in [9.17, 15) is 9.59 Å². The van der Waals surface area contributed by atoms with Crippen LogP contribution in [0.5, 0.6) is 0 Å². The number of rotatable bonds is 3. The molecule has 10 nitrogen and oxygen atoms in total. The summed E-state index contributed by atoms with van der Waals surface area (Å²) in [5, 5.41) is 11.0. The van der Waals surface area contributed by atoms with Gasteiger partial charge in [-0.1, -0.05) is 6.07 Å². The number of cyclic esters (lactones) is 1. The van der Waals surface area contributed by atoms with E-state index < -0.39 is 18.1 Å². The van der Waals surface area contributed by atoms with Gasteiger partial charge in [-0.2, -0.15) is 4.68 Å². The lowest BCUT2D eigenvalue weighted by Gasteiger charge is -2.14. The molecule has 1 saturated heterocycles. The number of carbonyl (C=O) groups is 2. The van der Waals surface area contributed by atoms with Crippen LogP contribution in [0.2, 0.25) is 0 Å². The van der Waals surface area contributed by atoms with Gasteiger partial charge >= 0.3 is 6.09 Å². The van der Waals surface area contributed by atoms with E-state index in [0.29, 0.717) is 12.2 Å². The summed E-state index contributed by atoms with van der Waals surface area (Å²) < 4.78 is 6.56. The lowest BCUT2D eigenvalue weighted by atomic mass is 10.0. The van der Waals surface area contributed by atoms with E-state index in [4.69, 9.17) is 10.5 Å². The molecule has 2 atom stereocenters. The van der Waals surface area contributed by atoms with Crippen LogP contribution in [0.1, 0.15) is 5.56 Å². The highest BCUT2D eigenvalue weighted by Gasteiger charge is 2.49. The molecule has 1 aromatic carbocycles. The Balaban J connectivity index is 1.46. The third kappa shape index (κ3) is 2.34. The number of hydrogen-bond acceptors (Lipinski definition) is 7. The number of tetrazole rings is 1. The Morgan fingerprint density at radius 2 is 2.07 bits per heavy atom. The first-order valence-electron chi connectivity index (χ1n) is 8.24. The average molecular weight is 363 g/mol. The van der Waals surface area contributed by atoms with E-state index in [0.717, 1.165) is 22.4 Å². The second-order valence-corrected chi connectivity index (χ2v) is 6.35. The quantitative estimate of drug-likeness (QED) is 0.715. The normalized spacial score (nSPS) is 20.3. The molecule has 134 valence electrons. The van der Waals surface area contributed by atoms with Gasteiger partial charge in [0, 0.05) is 11.8 Å². The molecule has 10 heteroatoms. The summed E-state index contributed by atoms with van der Waals surface area (Å²) in [5.74, 6) is -0.0242. The van der Waals surface area contributed by atoms with Crippen molar-refractivity contribution in [3.05, 3.63) is 48.4 Å². The van der Waals surface area contributed by atoms with Gasteiger partial charge in [0.05, 0.1) is 11.7 Å². The lowest BCUT2D eigenvalue weighted by Crippen LogP contribution is -2.40. The summed E-state index contributed by atoms with van der Waals surface area (Å²) in [6, 6.07) is 9.09. The number of primary amides is 1. The zero-order valence-corrected chi connectivity index (χ0v) is 13.9. The third-order valence-electron chi connectivity index (χ3n) is 4.82. The van der Waals surface area contributed by atoms with Crippen molar-refractivity contribution in [2.45, 2.75) is 18.6 Å². The average Bonchev–Trinajstić information content (AvgIpc) is 3.38. The third-order valence-corrected chi connectivity index (χ3v) is 4.82. The van der Waals surface area contributed by atoms with Gasteiger partial charge in [-0.15, -0.1) is 5.10 Å². The number of nitrogens with two attached hydrogens (primary N) is 1. The molecule has 4 heterocycles. The molecule has 2 N–H and O–H groups in total. The number of pyridine rings is 1. The first-order valence-corrected chi connectivity index (χ1v) is 8.24. The van der Waals surface area contributed by atoms with E-state index in [1.807, 2.05) is 30.3 Å². The van der Waals surface area contributed by atoms with E-state index in [1.165, 1.54) is 15.9 Å². The van der Waals surface area contributed by atoms with Crippen LogP contribution in [-0.2, 0) is 16.0 Å². The molecule has 0 aliphatic carbocycles. The molecule has 2 aromatic heterocycles. The Labute approximate surface area is 152 Å². The van der Waals surface area contributed by atoms with Crippen molar-refractivity contribution in [2.75, 3.05) is 4.90 Å². The van der Waals surface area contributed by atoms with Crippen molar-refractivity contribution in [3.8, 4) is 16.9 Å². The zero-order chi connectivity index (χ0) is 18.5. The standard InChI is InChI=1S/C17H13N7O3/c18-16(25)15-13-6-11-5-9(1-3-12(11)24(13)17(26)27-15)10-2-4-14(19-7-10)23-8-20-21-22-23/h1-5,7-8,13,15H,6H2,(H2,18,25)/t13-,15+/m0/s1. The second kappa shape index (κ2) is 5.59. The molecular weight excluding hydrogens is 350 g/mol.